The van der Waals surface area contributed by atoms with Gasteiger partial charge in [-0.25, -0.2) is 0 Å². The lowest BCUT2D eigenvalue weighted by Crippen LogP contribution is -2.16. The summed E-state index contributed by atoms with van der Waals surface area (Å²) in [5.74, 6) is 0.706. The molecule has 0 amide bonds. The molecule has 102 valence electrons. The van der Waals surface area contributed by atoms with Crippen molar-refractivity contribution in [2.45, 2.75) is 37.8 Å². The Bertz CT molecular complexity index is 510. The second-order valence-corrected chi connectivity index (χ2v) is 5.67. The van der Waals surface area contributed by atoms with Crippen LogP contribution >= 0.6 is 11.8 Å². The molecule has 3 nitrogen and oxygen atoms in total. The predicted octanol–water partition coefficient (Wildman–Crippen LogP) is 2.91. The van der Waals surface area contributed by atoms with E-state index in [9.17, 15) is 5.11 Å². The van der Waals surface area contributed by atoms with Gasteiger partial charge < -0.3 is 5.11 Å². The third-order valence-electron chi connectivity index (χ3n) is 2.92. The molecule has 0 aliphatic heterocycles. The SMILES string of the molecule is CCn1nc(C)cc1CC(O)CSc1ccccc1. The zero-order valence-electron chi connectivity index (χ0n) is 11.4. The molecule has 0 saturated carbocycles. The Morgan fingerprint density at radius 3 is 2.74 bits per heavy atom. The first kappa shape index (κ1) is 14.2. The van der Waals surface area contributed by atoms with Crippen LogP contribution in [0.1, 0.15) is 18.3 Å². The van der Waals surface area contributed by atoms with Gasteiger partial charge in [0.15, 0.2) is 0 Å². The number of hydrogen-bond donors (Lipinski definition) is 1. The van der Waals surface area contributed by atoms with Crippen molar-refractivity contribution in [3.63, 3.8) is 0 Å². The van der Waals surface area contributed by atoms with Crippen LogP contribution in [0.15, 0.2) is 41.3 Å². The molecule has 4 heteroatoms. The number of nitrogens with zero attached hydrogens (tertiary/aromatic N) is 2. The Morgan fingerprint density at radius 1 is 1.32 bits per heavy atom. The van der Waals surface area contributed by atoms with Crippen LogP contribution in [0, 0.1) is 6.92 Å². The third-order valence-corrected chi connectivity index (χ3v) is 4.07. The highest BCUT2D eigenvalue weighted by Gasteiger charge is 2.11. The number of hydrogen-bond acceptors (Lipinski definition) is 3. The molecule has 0 bridgehead atoms. The van der Waals surface area contributed by atoms with Crippen LogP contribution in [-0.4, -0.2) is 26.7 Å². The van der Waals surface area contributed by atoms with Crippen LogP contribution in [0.4, 0.5) is 0 Å². The molecule has 1 N–H and O–H groups in total. The molecular weight excluding hydrogens is 256 g/mol. The molecule has 0 spiro atoms. The smallest absolute Gasteiger partial charge is 0.0689 e. The van der Waals surface area contributed by atoms with Gasteiger partial charge in [-0.05, 0) is 32.0 Å². The highest BCUT2D eigenvalue weighted by molar-refractivity contribution is 7.99. The van der Waals surface area contributed by atoms with Gasteiger partial charge in [0, 0.05) is 29.3 Å². The maximum atomic E-state index is 10.1. The first-order valence-corrected chi connectivity index (χ1v) is 7.57. The monoisotopic (exact) mass is 276 g/mol. The van der Waals surface area contributed by atoms with E-state index in [4.69, 9.17) is 0 Å². The molecule has 0 fully saturated rings. The number of aliphatic hydroxyl groups excluding tert-OH is 1. The second kappa shape index (κ2) is 6.78. The third kappa shape index (κ3) is 4.11. The Labute approximate surface area is 118 Å². The van der Waals surface area contributed by atoms with E-state index in [-0.39, 0.29) is 6.10 Å². The Hall–Kier alpha value is -1.26. The molecule has 1 aromatic heterocycles. The summed E-state index contributed by atoms with van der Waals surface area (Å²) in [6, 6.07) is 12.2. The van der Waals surface area contributed by atoms with Gasteiger partial charge in [0.2, 0.25) is 0 Å². The summed E-state index contributed by atoms with van der Waals surface area (Å²) in [7, 11) is 0. The minimum absolute atomic E-state index is 0.341. The quantitative estimate of drug-likeness (QED) is 0.824. The van der Waals surface area contributed by atoms with Gasteiger partial charge >= 0.3 is 0 Å². The molecule has 0 radical (unpaired) electrons. The average molecular weight is 276 g/mol. The number of aromatic nitrogens is 2. The van der Waals surface area contributed by atoms with Gasteiger partial charge in [-0.2, -0.15) is 5.10 Å². The fourth-order valence-electron chi connectivity index (χ4n) is 2.05. The largest absolute Gasteiger partial charge is 0.392 e. The van der Waals surface area contributed by atoms with E-state index in [0.717, 1.165) is 17.9 Å². The lowest BCUT2D eigenvalue weighted by molar-refractivity contribution is 0.197. The van der Waals surface area contributed by atoms with Crippen LogP contribution in [0.2, 0.25) is 0 Å². The standard InChI is InChI=1S/C15H20N2OS/c1-3-17-13(9-12(2)16-17)10-14(18)11-19-15-7-5-4-6-8-15/h4-9,14,18H,3,10-11H2,1-2H3. The van der Waals surface area contributed by atoms with Crippen molar-refractivity contribution >= 4 is 11.8 Å². The summed E-state index contributed by atoms with van der Waals surface area (Å²) in [4.78, 5) is 1.20. The van der Waals surface area contributed by atoms with E-state index < -0.39 is 0 Å². The first-order chi connectivity index (χ1) is 9.19. The van der Waals surface area contributed by atoms with Crippen molar-refractivity contribution in [2.24, 2.45) is 0 Å². The van der Waals surface area contributed by atoms with Gasteiger partial charge in [0.25, 0.3) is 0 Å². The van der Waals surface area contributed by atoms with E-state index >= 15 is 0 Å². The number of benzene rings is 1. The van der Waals surface area contributed by atoms with Crippen molar-refractivity contribution in [3.8, 4) is 0 Å². The van der Waals surface area contributed by atoms with E-state index in [1.54, 1.807) is 11.8 Å². The minimum atomic E-state index is -0.341. The zero-order chi connectivity index (χ0) is 13.7. The summed E-state index contributed by atoms with van der Waals surface area (Å²) in [5, 5.41) is 14.5. The Kier molecular flexibility index (Phi) is 5.05. The molecule has 0 aliphatic carbocycles. The maximum absolute atomic E-state index is 10.1. The van der Waals surface area contributed by atoms with E-state index in [2.05, 4.69) is 30.2 Å². The predicted molar refractivity (Wildman–Crippen MR) is 79.5 cm³/mol. The van der Waals surface area contributed by atoms with Crippen molar-refractivity contribution < 1.29 is 5.11 Å². The molecular formula is C15H20N2OS. The number of rotatable bonds is 6. The highest BCUT2D eigenvalue weighted by atomic mass is 32.2. The summed E-state index contributed by atoms with van der Waals surface area (Å²) in [6.07, 6.45) is 0.320. The van der Waals surface area contributed by atoms with Crippen molar-refractivity contribution in [3.05, 3.63) is 47.8 Å². The molecule has 2 aromatic rings. The zero-order valence-corrected chi connectivity index (χ0v) is 12.2. The topological polar surface area (TPSA) is 38.0 Å². The summed E-state index contributed by atoms with van der Waals surface area (Å²) in [6.45, 7) is 4.91. The molecule has 19 heavy (non-hydrogen) atoms. The normalized spacial score (nSPS) is 12.6. The maximum Gasteiger partial charge on any atom is 0.0689 e. The Balaban J connectivity index is 1.88. The number of aryl methyl sites for hydroxylation is 2. The molecule has 0 saturated heterocycles. The molecule has 1 aromatic carbocycles. The van der Waals surface area contributed by atoms with Crippen LogP contribution in [0.5, 0.6) is 0 Å². The molecule has 1 atom stereocenters. The van der Waals surface area contributed by atoms with Crippen molar-refractivity contribution in [1.82, 2.24) is 9.78 Å². The van der Waals surface area contributed by atoms with Crippen LogP contribution in [-0.2, 0) is 13.0 Å². The van der Waals surface area contributed by atoms with Gasteiger partial charge in [0.05, 0.1) is 11.8 Å². The van der Waals surface area contributed by atoms with Crippen molar-refractivity contribution in [1.29, 1.82) is 0 Å². The van der Waals surface area contributed by atoms with Crippen LogP contribution < -0.4 is 0 Å². The number of thioether (sulfide) groups is 1. The molecule has 1 heterocycles. The molecule has 1 unspecified atom stereocenters. The number of aliphatic hydroxyl groups is 1. The summed E-state index contributed by atoms with van der Waals surface area (Å²) in [5.41, 5.74) is 2.13. The van der Waals surface area contributed by atoms with E-state index in [1.807, 2.05) is 29.8 Å². The highest BCUT2D eigenvalue weighted by Crippen LogP contribution is 2.19. The van der Waals surface area contributed by atoms with Crippen molar-refractivity contribution in [2.75, 3.05) is 5.75 Å². The summed E-state index contributed by atoms with van der Waals surface area (Å²) >= 11 is 1.69. The van der Waals surface area contributed by atoms with Crippen LogP contribution in [0.25, 0.3) is 0 Å². The van der Waals surface area contributed by atoms with Gasteiger partial charge in [0.1, 0.15) is 0 Å². The van der Waals surface area contributed by atoms with Gasteiger partial charge in [-0.3, -0.25) is 4.68 Å². The van der Waals surface area contributed by atoms with E-state index in [1.165, 1.54) is 4.90 Å². The molecule has 0 aliphatic rings. The summed E-state index contributed by atoms with van der Waals surface area (Å²) < 4.78 is 1.96. The average Bonchev–Trinajstić information content (AvgIpc) is 2.77. The van der Waals surface area contributed by atoms with Crippen LogP contribution in [0.3, 0.4) is 0 Å². The molecule has 2 rings (SSSR count). The van der Waals surface area contributed by atoms with Gasteiger partial charge in [-0.15, -0.1) is 11.8 Å². The minimum Gasteiger partial charge on any atom is -0.392 e. The Morgan fingerprint density at radius 2 is 2.05 bits per heavy atom. The van der Waals surface area contributed by atoms with E-state index in [0.29, 0.717) is 12.2 Å². The lowest BCUT2D eigenvalue weighted by atomic mass is 10.2. The first-order valence-electron chi connectivity index (χ1n) is 6.58. The fourth-order valence-corrected chi connectivity index (χ4v) is 2.90. The lowest BCUT2D eigenvalue weighted by Gasteiger charge is -2.11. The second-order valence-electron chi connectivity index (χ2n) is 4.57. The fraction of sp³-hybridized carbons (Fsp3) is 0.400. The van der Waals surface area contributed by atoms with Gasteiger partial charge in [-0.1, -0.05) is 18.2 Å².